The van der Waals surface area contributed by atoms with Crippen LogP contribution in [0.2, 0.25) is 0 Å². The number of methoxy groups -OCH3 is 2. The molecule has 0 atom stereocenters. The Kier molecular flexibility index (Phi) is 8.04. The number of halogens is 1. The highest BCUT2D eigenvalue weighted by molar-refractivity contribution is 5.83. The van der Waals surface area contributed by atoms with Crippen LogP contribution >= 0.6 is 0 Å². The predicted octanol–water partition coefficient (Wildman–Crippen LogP) is 5.55. The van der Waals surface area contributed by atoms with Crippen LogP contribution in [-0.2, 0) is 9.53 Å². The van der Waals surface area contributed by atoms with Crippen LogP contribution in [-0.4, -0.2) is 20.2 Å². The first-order valence-corrected chi connectivity index (χ1v) is 8.34. The molecule has 0 unspecified atom stereocenters. The van der Waals surface area contributed by atoms with E-state index in [9.17, 15) is 9.18 Å². The zero-order chi connectivity index (χ0) is 19.9. The Hall–Kier alpha value is -2.62. The zero-order valence-electron chi connectivity index (χ0n) is 16.6. The zero-order valence-corrected chi connectivity index (χ0v) is 16.6. The molecule has 0 heterocycles. The van der Waals surface area contributed by atoms with Crippen LogP contribution in [0.3, 0.4) is 0 Å². The molecule has 0 saturated heterocycles. The first-order chi connectivity index (χ1) is 12.2. The molecule has 0 spiro atoms. The molecule has 140 valence electrons. The van der Waals surface area contributed by atoms with E-state index in [0.717, 1.165) is 33.6 Å². The number of hydrogen-bond acceptors (Lipinski definition) is 3. The average Bonchev–Trinajstić information content (AvgIpc) is 2.61. The van der Waals surface area contributed by atoms with E-state index in [-0.39, 0.29) is 5.83 Å². The monoisotopic (exact) mass is 358 g/mol. The van der Waals surface area contributed by atoms with E-state index >= 15 is 0 Å². The summed E-state index contributed by atoms with van der Waals surface area (Å²) in [5.74, 6) is 0.0837. The van der Waals surface area contributed by atoms with Crippen LogP contribution in [0.25, 0.3) is 6.08 Å². The Morgan fingerprint density at radius 2 is 1.77 bits per heavy atom. The lowest BCUT2D eigenvalue weighted by molar-refractivity contribution is -0.134. The third-order valence-electron chi connectivity index (χ3n) is 4.23. The fourth-order valence-corrected chi connectivity index (χ4v) is 2.46. The minimum atomic E-state index is -0.417. The van der Waals surface area contributed by atoms with E-state index in [2.05, 4.69) is 4.74 Å². The van der Waals surface area contributed by atoms with Crippen molar-refractivity contribution in [1.29, 1.82) is 0 Å². The molecule has 4 heteroatoms. The molecule has 0 N–H and O–H groups in total. The lowest BCUT2D eigenvalue weighted by Gasteiger charge is -2.14. The summed E-state index contributed by atoms with van der Waals surface area (Å²) in [5.41, 5.74) is 5.04. The normalized spacial score (nSPS) is 13.3. The van der Waals surface area contributed by atoms with Crippen LogP contribution in [0.15, 0.2) is 47.3 Å². The predicted molar refractivity (Wildman–Crippen MR) is 105 cm³/mol. The molecule has 0 aliphatic heterocycles. The summed E-state index contributed by atoms with van der Waals surface area (Å²) >= 11 is 0. The number of carbonyl (C=O) groups excluding carboxylic acids is 1. The van der Waals surface area contributed by atoms with Gasteiger partial charge in [0.2, 0.25) is 0 Å². The Labute approximate surface area is 155 Å². The second-order valence-corrected chi connectivity index (χ2v) is 6.17. The Bertz CT molecular complexity index is 796. The molecule has 0 amide bonds. The lowest BCUT2D eigenvalue weighted by atomic mass is 9.96. The van der Waals surface area contributed by atoms with Crippen molar-refractivity contribution >= 4 is 12.0 Å². The van der Waals surface area contributed by atoms with Gasteiger partial charge in [-0.05, 0) is 80.2 Å². The molecule has 0 saturated carbocycles. The van der Waals surface area contributed by atoms with Gasteiger partial charge >= 0.3 is 5.97 Å². The first-order valence-electron chi connectivity index (χ1n) is 8.34. The van der Waals surface area contributed by atoms with Gasteiger partial charge in [-0.25, -0.2) is 9.18 Å². The number of ether oxygens (including phenoxy) is 2. The van der Waals surface area contributed by atoms with Crippen molar-refractivity contribution in [2.24, 2.45) is 0 Å². The van der Waals surface area contributed by atoms with E-state index in [1.165, 1.54) is 13.2 Å². The first kappa shape index (κ1) is 21.4. The van der Waals surface area contributed by atoms with Gasteiger partial charge < -0.3 is 9.47 Å². The highest BCUT2D eigenvalue weighted by atomic mass is 19.1. The molecule has 0 bridgehead atoms. The van der Waals surface area contributed by atoms with Crippen molar-refractivity contribution in [1.82, 2.24) is 0 Å². The van der Waals surface area contributed by atoms with Crippen LogP contribution in [0.5, 0.6) is 5.75 Å². The molecular weight excluding hydrogens is 331 g/mol. The summed E-state index contributed by atoms with van der Waals surface area (Å²) in [4.78, 5) is 11.1. The number of aryl methyl sites for hydroxylation is 1. The number of hydrogen-bond donors (Lipinski definition) is 0. The van der Waals surface area contributed by atoms with Crippen molar-refractivity contribution < 1.29 is 18.7 Å². The maximum absolute atomic E-state index is 14.6. The fourth-order valence-electron chi connectivity index (χ4n) is 2.46. The standard InChI is InChI=1S/C22H27FO3/c1-14(11-22(24)26-7)9-8-10-15(2)20(23)13-19-16(3)12-21(25-6)18(5)17(19)4/h8-13H,1-7H3. The van der Waals surface area contributed by atoms with Gasteiger partial charge in [-0.3, -0.25) is 0 Å². The number of allylic oxidation sites excluding steroid dienone is 6. The minimum Gasteiger partial charge on any atom is -0.496 e. The lowest BCUT2D eigenvalue weighted by Crippen LogP contribution is -1.96. The molecule has 0 radical (unpaired) electrons. The topological polar surface area (TPSA) is 35.5 Å². The Morgan fingerprint density at radius 1 is 1.12 bits per heavy atom. The van der Waals surface area contributed by atoms with E-state index in [0.29, 0.717) is 5.57 Å². The van der Waals surface area contributed by atoms with Crippen molar-refractivity contribution in [3.63, 3.8) is 0 Å². The van der Waals surface area contributed by atoms with Crippen LogP contribution in [0.4, 0.5) is 4.39 Å². The smallest absolute Gasteiger partial charge is 0.330 e. The summed E-state index contributed by atoms with van der Waals surface area (Å²) in [6.07, 6.45) is 8.02. The van der Waals surface area contributed by atoms with E-state index < -0.39 is 5.97 Å². The van der Waals surface area contributed by atoms with Gasteiger partial charge in [-0.15, -0.1) is 0 Å². The third kappa shape index (κ3) is 5.73. The van der Waals surface area contributed by atoms with Crippen LogP contribution in [0, 0.1) is 20.8 Å². The maximum atomic E-state index is 14.6. The number of rotatable bonds is 6. The van der Waals surface area contributed by atoms with Crippen molar-refractivity contribution in [3.8, 4) is 5.75 Å². The maximum Gasteiger partial charge on any atom is 0.330 e. The summed E-state index contributed by atoms with van der Waals surface area (Å²) in [6.45, 7) is 9.34. The minimum absolute atomic E-state index is 0.306. The van der Waals surface area contributed by atoms with Gasteiger partial charge in [0.1, 0.15) is 11.6 Å². The molecule has 0 aliphatic carbocycles. The number of esters is 1. The van der Waals surface area contributed by atoms with Gasteiger partial charge in [-0.2, -0.15) is 0 Å². The molecular formula is C22H27FO3. The molecule has 1 rings (SSSR count). The summed E-state index contributed by atoms with van der Waals surface area (Å²) in [6, 6.07) is 1.92. The highest BCUT2D eigenvalue weighted by Gasteiger charge is 2.10. The number of benzene rings is 1. The third-order valence-corrected chi connectivity index (χ3v) is 4.23. The fraction of sp³-hybridized carbons (Fsp3) is 0.318. The van der Waals surface area contributed by atoms with Gasteiger partial charge in [0.25, 0.3) is 0 Å². The van der Waals surface area contributed by atoms with E-state index in [4.69, 9.17) is 4.74 Å². The van der Waals surface area contributed by atoms with Gasteiger partial charge in [0, 0.05) is 6.08 Å². The average molecular weight is 358 g/mol. The summed E-state index contributed by atoms with van der Waals surface area (Å²) < 4.78 is 24.5. The quantitative estimate of drug-likeness (QED) is 0.380. The van der Waals surface area contributed by atoms with Crippen LogP contribution in [0.1, 0.15) is 36.1 Å². The van der Waals surface area contributed by atoms with Gasteiger partial charge in [0.15, 0.2) is 0 Å². The molecule has 0 aliphatic rings. The molecule has 0 aromatic heterocycles. The van der Waals surface area contributed by atoms with Crippen molar-refractivity contribution in [2.75, 3.05) is 14.2 Å². The highest BCUT2D eigenvalue weighted by Crippen LogP contribution is 2.30. The van der Waals surface area contributed by atoms with Crippen molar-refractivity contribution in [3.05, 3.63) is 69.6 Å². The molecule has 3 nitrogen and oxygen atoms in total. The molecule has 1 aromatic rings. The molecule has 1 aromatic carbocycles. The second kappa shape index (κ2) is 9.76. The Balaban J connectivity index is 3.09. The molecule has 0 fully saturated rings. The summed E-state index contributed by atoms with van der Waals surface area (Å²) in [7, 11) is 2.96. The SMILES string of the molecule is COC(=O)C=C(C)C=CC=C(C)C(F)=Cc1c(C)cc(OC)c(C)c1C. The number of carbonyl (C=O) groups is 1. The van der Waals surface area contributed by atoms with Crippen molar-refractivity contribution in [2.45, 2.75) is 34.6 Å². The van der Waals surface area contributed by atoms with Gasteiger partial charge in [0.05, 0.1) is 14.2 Å². The Morgan fingerprint density at radius 3 is 2.35 bits per heavy atom. The summed E-state index contributed by atoms with van der Waals surface area (Å²) in [5, 5.41) is 0. The van der Waals surface area contributed by atoms with E-state index in [1.807, 2.05) is 26.8 Å². The van der Waals surface area contributed by atoms with E-state index in [1.54, 1.807) is 45.3 Å². The largest absolute Gasteiger partial charge is 0.496 e. The molecule has 26 heavy (non-hydrogen) atoms. The van der Waals surface area contributed by atoms with Gasteiger partial charge in [-0.1, -0.05) is 18.2 Å². The second-order valence-electron chi connectivity index (χ2n) is 6.17. The van der Waals surface area contributed by atoms with Crippen LogP contribution < -0.4 is 4.74 Å².